The molecule has 1 aromatic rings. The SMILES string of the molecule is [C-]#[N+]c1cc(CO)ccc1F. The summed E-state index contributed by atoms with van der Waals surface area (Å²) in [6.07, 6.45) is 0. The van der Waals surface area contributed by atoms with Crippen LogP contribution in [0.2, 0.25) is 0 Å². The summed E-state index contributed by atoms with van der Waals surface area (Å²) in [6.45, 7) is 6.40. The van der Waals surface area contributed by atoms with E-state index in [4.69, 9.17) is 11.7 Å². The van der Waals surface area contributed by atoms with Gasteiger partial charge in [0, 0.05) is 0 Å². The highest BCUT2D eigenvalue weighted by Crippen LogP contribution is 2.18. The molecule has 0 bridgehead atoms. The molecule has 0 aliphatic rings. The Morgan fingerprint density at radius 1 is 1.55 bits per heavy atom. The molecule has 0 spiro atoms. The van der Waals surface area contributed by atoms with Gasteiger partial charge in [0.1, 0.15) is 5.82 Å². The Morgan fingerprint density at radius 3 is 2.82 bits per heavy atom. The first kappa shape index (κ1) is 7.70. The summed E-state index contributed by atoms with van der Waals surface area (Å²) < 4.78 is 12.6. The molecule has 56 valence electrons. The maximum absolute atomic E-state index is 12.6. The second-order valence-electron chi connectivity index (χ2n) is 2.06. The number of benzene rings is 1. The number of aliphatic hydroxyl groups excluding tert-OH is 1. The van der Waals surface area contributed by atoms with Gasteiger partial charge in [-0.25, -0.2) is 9.24 Å². The second-order valence-corrected chi connectivity index (χ2v) is 2.06. The van der Waals surface area contributed by atoms with Gasteiger partial charge in [-0.15, -0.1) is 0 Å². The van der Waals surface area contributed by atoms with E-state index in [1.165, 1.54) is 18.2 Å². The summed E-state index contributed by atoms with van der Waals surface area (Å²) in [7, 11) is 0. The zero-order chi connectivity index (χ0) is 8.27. The lowest BCUT2D eigenvalue weighted by Crippen LogP contribution is -1.82. The Hall–Kier alpha value is -1.40. The third kappa shape index (κ3) is 1.54. The molecule has 0 atom stereocenters. The van der Waals surface area contributed by atoms with Crippen molar-refractivity contribution < 1.29 is 9.50 Å². The molecule has 0 fully saturated rings. The van der Waals surface area contributed by atoms with Crippen LogP contribution < -0.4 is 0 Å². The average molecular weight is 151 g/mol. The van der Waals surface area contributed by atoms with Crippen LogP contribution in [0.1, 0.15) is 5.56 Å². The highest BCUT2D eigenvalue weighted by Gasteiger charge is 2.00. The summed E-state index contributed by atoms with van der Waals surface area (Å²) >= 11 is 0. The van der Waals surface area contributed by atoms with E-state index < -0.39 is 5.82 Å². The zero-order valence-electron chi connectivity index (χ0n) is 5.71. The Morgan fingerprint density at radius 2 is 2.27 bits per heavy atom. The van der Waals surface area contributed by atoms with Gasteiger partial charge in [-0.1, -0.05) is 6.07 Å². The molecule has 1 aromatic carbocycles. The van der Waals surface area contributed by atoms with Gasteiger partial charge in [0.25, 0.3) is 0 Å². The average Bonchev–Trinajstić information content (AvgIpc) is 2.05. The predicted molar refractivity (Wildman–Crippen MR) is 38.6 cm³/mol. The molecule has 3 heteroatoms. The van der Waals surface area contributed by atoms with Gasteiger partial charge in [-0.2, -0.15) is 0 Å². The molecular weight excluding hydrogens is 145 g/mol. The van der Waals surface area contributed by atoms with Crippen LogP contribution in [0.15, 0.2) is 18.2 Å². The number of aliphatic hydroxyl groups is 1. The van der Waals surface area contributed by atoms with Crippen LogP contribution in [-0.4, -0.2) is 5.11 Å². The largest absolute Gasteiger partial charge is 0.392 e. The maximum atomic E-state index is 12.6. The van der Waals surface area contributed by atoms with Crippen molar-refractivity contribution in [2.75, 3.05) is 0 Å². The quantitative estimate of drug-likeness (QED) is 0.609. The number of hydrogen-bond donors (Lipinski definition) is 1. The molecule has 1 N–H and O–H groups in total. The maximum Gasteiger partial charge on any atom is 0.222 e. The van der Waals surface area contributed by atoms with E-state index in [9.17, 15) is 4.39 Å². The molecule has 0 aliphatic heterocycles. The zero-order valence-corrected chi connectivity index (χ0v) is 5.71. The summed E-state index contributed by atoms with van der Waals surface area (Å²) in [5.41, 5.74) is 0.508. The van der Waals surface area contributed by atoms with Crippen LogP contribution >= 0.6 is 0 Å². The van der Waals surface area contributed by atoms with Crippen molar-refractivity contribution in [2.24, 2.45) is 0 Å². The van der Waals surface area contributed by atoms with Crippen LogP contribution in [0, 0.1) is 12.4 Å². The van der Waals surface area contributed by atoms with Gasteiger partial charge in [-0.05, 0) is 17.7 Å². The Balaban J connectivity index is 3.15. The van der Waals surface area contributed by atoms with Crippen molar-refractivity contribution in [1.82, 2.24) is 0 Å². The van der Waals surface area contributed by atoms with Crippen LogP contribution in [-0.2, 0) is 6.61 Å². The lowest BCUT2D eigenvalue weighted by Gasteiger charge is -1.96. The van der Waals surface area contributed by atoms with E-state index in [0.29, 0.717) is 5.56 Å². The molecular formula is C8H6FNO. The van der Waals surface area contributed by atoms with Gasteiger partial charge in [-0.3, -0.25) is 0 Å². The molecule has 0 unspecified atom stereocenters. The van der Waals surface area contributed by atoms with E-state index in [2.05, 4.69) is 4.85 Å². The predicted octanol–water partition coefficient (Wildman–Crippen LogP) is 1.87. The van der Waals surface area contributed by atoms with Gasteiger partial charge < -0.3 is 5.11 Å². The van der Waals surface area contributed by atoms with Crippen molar-refractivity contribution in [3.8, 4) is 0 Å². The minimum Gasteiger partial charge on any atom is -0.392 e. The number of rotatable bonds is 1. The van der Waals surface area contributed by atoms with Crippen molar-refractivity contribution >= 4 is 5.69 Å². The first-order valence-corrected chi connectivity index (χ1v) is 3.04. The number of hydrogen-bond acceptors (Lipinski definition) is 1. The molecule has 1 rings (SSSR count). The van der Waals surface area contributed by atoms with Crippen LogP contribution in [0.3, 0.4) is 0 Å². The monoisotopic (exact) mass is 151 g/mol. The summed E-state index contributed by atoms with van der Waals surface area (Å²) in [6, 6.07) is 3.96. The van der Waals surface area contributed by atoms with Crippen LogP contribution in [0.4, 0.5) is 10.1 Å². The fourth-order valence-corrected chi connectivity index (χ4v) is 0.742. The highest BCUT2D eigenvalue weighted by atomic mass is 19.1. The molecule has 0 saturated heterocycles. The third-order valence-electron chi connectivity index (χ3n) is 1.31. The minimum atomic E-state index is -0.544. The molecule has 0 aromatic heterocycles. The van der Waals surface area contributed by atoms with Crippen molar-refractivity contribution in [3.63, 3.8) is 0 Å². The lowest BCUT2D eigenvalue weighted by atomic mass is 10.2. The van der Waals surface area contributed by atoms with E-state index >= 15 is 0 Å². The van der Waals surface area contributed by atoms with Crippen LogP contribution in [0.5, 0.6) is 0 Å². The van der Waals surface area contributed by atoms with Gasteiger partial charge in [0.15, 0.2) is 0 Å². The van der Waals surface area contributed by atoms with Gasteiger partial charge in [0.05, 0.1) is 13.2 Å². The van der Waals surface area contributed by atoms with Crippen LogP contribution in [0.25, 0.3) is 4.85 Å². The molecule has 0 heterocycles. The smallest absolute Gasteiger partial charge is 0.222 e. The summed E-state index contributed by atoms with van der Waals surface area (Å²) in [4.78, 5) is 2.94. The molecule has 2 nitrogen and oxygen atoms in total. The fourth-order valence-electron chi connectivity index (χ4n) is 0.742. The standard InChI is InChI=1S/C8H6FNO/c1-10-8-4-6(5-11)2-3-7(8)9/h2-4,11H,5H2. The lowest BCUT2D eigenvalue weighted by molar-refractivity contribution is 0.282. The van der Waals surface area contributed by atoms with Crippen molar-refractivity contribution in [2.45, 2.75) is 6.61 Å². The first-order chi connectivity index (χ1) is 5.27. The topological polar surface area (TPSA) is 24.6 Å². The fraction of sp³-hybridized carbons (Fsp3) is 0.125. The number of halogens is 1. The molecule has 0 saturated carbocycles. The Labute approximate surface area is 63.7 Å². The van der Waals surface area contributed by atoms with Gasteiger partial charge in [0.2, 0.25) is 5.69 Å². The molecule has 0 radical (unpaired) electrons. The third-order valence-corrected chi connectivity index (χ3v) is 1.31. The van der Waals surface area contributed by atoms with E-state index in [1.807, 2.05) is 0 Å². The Kier molecular flexibility index (Phi) is 2.19. The molecule has 0 aliphatic carbocycles. The van der Waals surface area contributed by atoms with E-state index in [1.54, 1.807) is 0 Å². The second kappa shape index (κ2) is 3.13. The normalized spacial score (nSPS) is 9.18. The van der Waals surface area contributed by atoms with Crippen molar-refractivity contribution in [3.05, 3.63) is 41.0 Å². The van der Waals surface area contributed by atoms with E-state index in [0.717, 1.165) is 0 Å². The first-order valence-electron chi connectivity index (χ1n) is 3.04. The number of nitrogens with zero attached hydrogens (tertiary/aromatic N) is 1. The summed E-state index contributed by atoms with van der Waals surface area (Å²) in [5.74, 6) is -0.544. The van der Waals surface area contributed by atoms with Crippen molar-refractivity contribution in [1.29, 1.82) is 0 Å². The Bertz CT molecular complexity index is 303. The summed E-state index contributed by atoms with van der Waals surface area (Å²) in [5, 5.41) is 8.62. The molecule has 0 amide bonds. The minimum absolute atomic E-state index is 0.0449. The molecule has 11 heavy (non-hydrogen) atoms. The van der Waals surface area contributed by atoms with Gasteiger partial charge >= 0.3 is 0 Å². The van der Waals surface area contributed by atoms with E-state index in [-0.39, 0.29) is 12.3 Å². The highest BCUT2D eigenvalue weighted by molar-refractivity contribution is 5.47.